The first-order chi connectivity index (χ1) is 13.4. The Kier molecular flexibility index (Phi) is 5.54. The predicted octanol–water partition coefficient (Wildman–Crippen LogP) is 2.52. The minimum atomic E-state index is -0.802. The predicted molar refractivity (Wildman–Crippen MR) is 98.3 cm³/mol. The van der Waals surface area contributed by atoms with E-state index in [9.17, 15) is 19.7 Å². The largest absolute Gasteiger partial charge is 0.494 e. The van der Waals surface area contributed by atoms with Crippen LogP contribution in [-0.2, 0) is 16.1 Å². The number of aromatic nitrogens is 1. The summed E-state index contributed by atoms with van der Waals surface area (Å²) >= 11 is 1.16. The van der Waals surface area contributed by atoms with Crippen molar-refractivity contribution in [3.63, 3.8) is 0 Å². The van der Waals surface area contributed by atoms with Gasteiger partial charge >= 0.3 is 17.8 Å². The lowest BCUT2D eigenvalue weighted by Crippen LogP contribution is -2.22. The molecular weight excluding hydrogens is 390 g/mol. The van der Waals surface area contributed by atoms with Gasteiger partial charge in [-0.1, -0.05) is 11.3 Å². The fourth-order valence-corrected chi connectivity index (χ4v) is 3.48. The lowest BCUT2D eigenvalue weighted by atomic mass is 10.3. The van der Waals surface area contributed by atoms with E-state index in [-0.39, 0.29) is 17.1 Å². The van der Waals surface area contributed by atoms with E-state index in [0.29, 0.717) is 17.9 Å². The standard InChI is InChI=1S/C17H15N3O7S/c1-3-26-10-4-5-11-13(8-10)28-17(19(11)9-15(21)25-2)18-16(22)12-6-7-14(27-12)20(23)24/h4-8H,3,9H2,1-2H3. The SMILES string of the molecule is CCOc1ccc2c(c1)sc(=NC(=O)c1ccc([N+](=O)[O-])o1)n2CC(=O)OC. The number of ether oxygens (including phenoxy) is 2. The Balaban J connectivity index is 2.09. The molecule has 0 bridgehead atoms. The molecule has 2 heterocycles. The summed E-state index contributed by atoms with van der Waals surface area (Å²) in [7, 11) is 1.26. The lowest BCUT2D eigenvalue weighted by molar-refractivity contribution is -0.402. The highest BCUT2D eigenvalue weighted by atomic mass is 32.1. The molecule has 0 aliphatic carbocycles. The third-order valence-electron chi connectivity index (χ3n) is 3.66. The van der Waals surface area contributed by atoms with Crippen molar-refractivity contribution in [2.24, 2.45) is 4.99 Å². The van der Waals surface area contributed by atoms with Crippen LogP contribution in [0.4, 0.5) is 5.88 Å². The Morgan fingerprint density at radius 3 is 2.75 bits per heavy atom. The number of hydrogen-bond acceptors (Lipinski definition) is 8. The number of amides is 1. The maximum absolute atomic E-state index is 12.4. The summed E-state index contributed by atoms with van der Waals surface area (Å²) in [4.78, 5) is 38.3. The Hall–Kier alpha value is -3.47. The van der Waals surface area contributed by atoms with Crippen LogP contribution in [0, 0.1) is 10.1 Å². The molecule has 0 spiro atoms. The van der Waals surface area contributed by atoms with Gasteiger partial charge in [0.15, 0.2) is 4.80 Å². The van der Waals surface area contributed by atoms with Gasteiger partial charge in [-0.05, 0) is 31.2 Å². The first-order valence-electron chi connectivity index (χ1n) is 8.09. The van der Waals surface area contributed by atoms with Gasteiger partial charge in [0, 0.05) is 0 Å². The topological polar surface area (TPSA) is 126 Å². The van der Waals surface area contributed by atoms with Crippen molar-refractivity contribution >= 4 is 39.3 Å². The molecular formula is C17H15N3O7S. The van der Waals surface area contributed by atoms with E-state index in [0.717, 1.165) is 22.1 Å². The molecule has 0 atom stereocenters. The normalized spacial score (nSPS) is 11.6. The molecule has 0 aliphatic heterocycles. The Bertz CT molecular complexity index is 1130. The molecule has 0 saturated carbocycles. The Labute approximate surface area is 161 Å². The van der Waals surface area contributed by atoms with Crippen molar-refractivity contribution in [1.82, 2.24) is 4.57 Å². The van der Waals surface area contributed by atoms with Gasteiger partial charge in [-0.15, -0.1) is 0 Å². The van der Waals surface area contributed by atoms with Gasteiger partial charge in [0.2, 0.25) is 5.76 Å². The number of fused-ring (bicyclic) bond motifs is 1. The number of thiazole rings is 1. The fraction of sp³-hybridized carbons (Fsp3) is 0.235. The second kappa shape index (κ2) is 8.05. The monoisotopic (exact) mass is 405 g/mol. The van der Waals surface area contributed by atoms with E-state index in [2.05, 4.69) is 4.99 Å². The molecule has 3 rings (SSSR count). The highest BCUT2D eigenvalue weighted by Gasteiger charge is 2.18. The molecule has 0 aliphatic rings. The second-order valence-corrected chi connectivity index (χ2v) is 6.43. The summed E-state index contributed by atoms with van der Waals surface area (Å²) < 4.78 is 17.3. The van der Waals surface area contributed by atoms with Crippen molar-refractivity contribution < 1.29 is 28.4 Å². The van der Waals surface area contributed by atoms with Crippen molar-refractivity contribution in [2.75, 3.05) is 13.7 Å². The Morgan fingerprint density at radius 2 is 2.11 bits per heavy atom. The zero-order valence-electron chi connectivity index (χ0n) is 14.9. The van der Waals surface area contributed by atoms with E-state index in [1.807, 2.05) is 6.92 Å². The van der Waals surface area contributed by atoms with Gasteiger partial charge in [-0.25, -0.2) is 0 Å². The molecule has 0 unspecified atom stereocenters. The number of rotatable bonds is 6. The van der Waals surface area contributed by atoms with Crippen LogP contribution in [0.25, 0.3) is 10.2 Å². The lowest BCUT2D eigenvalue weighted by Gasteiger charge is -2.05. The summed E-state index contributed by atoms with van der Waals surface area (Å²) in [6.07, 6.45) is 0. The van der Waals surface area contributed by atoms with E-state index in [1.54, 1.807) is 18.2 Å². The highest BCUT2D eigenvalue weighted by molar-refractivity contribution is 7.16. The van der Waals surface area contributed by atoms with Crippen molar-refractivity contribution in [3.05, 3.63) is 51.0 Å². The average Bonchev–Trinajstić information content (AvgIpc) is 3.28. The smallest absolute Gasteiger partial charge is 0.433 e. The number of hydrogen-bond donors (Lipinski definition) is 0. The van der Waals surface area contributed by atoms with E-state index >= 15 is 0 Å². The van der Waals surface area contributed by atoms with Gasteiger partial charge < -0.3 is 18.5 Å². The van der Waals surface area contributed by atoms with Crippen LogP contribution in [-0.4, -0.2) is 35.1 Å². The molecule has 2 aromatic heterocycles. The van der Waals surface area contributed by atoms with Crippen molar-refractivity contribution in [2.45, 2.75) is 13.5 Å². The van der Waals surface area contributed by atoms with Gasteiger partial charge in [0.1, 0.15) is 17.2 Å². The molecule has 0 fully saturated rings. The third kappa shape index (κ3) is 3.93. The number of furan rings is 1. The number of benzene rings is 1. The number of carbonyl (C=O) groups is 2. The number of nitrogens with zero attached hydrogens (tertiary/aromatic N) is 3. The fourth-order valence-electron chi connectivity index (χ4n) is 2.42. The van der Waals surface area contributed by atoms with Crippen LogP contribution in [0.15, 0.2) is 39.7 Å². The first-order valence-corrected chi connectivity index (χ1v) is 8.91. The molecule has 0 N–H and O–H groups in total. The van der Waals surface area contributed by atoms with E-state index < -0.39 is 22.7 Å². The molecule has 146 valence electrons. The zero-order valence-corrected chi connectivity index (χ0v) is 15.7. The maximum Gasteiger partial charge on any atom is 0.433 e. The quantitative estimate of drug-likeness (QED) is 0.350. The van der Waals surface area contributed by atoms with Crippen LogP contribution < -0.4 is 9.54 Å². The summed E-state index contributed by atoms with van der Waals surface area (Å²) in [5.74, 6) is -1.51. The number of nitro groups is 1. The summed E-state index contributed by atoms with van der Waals surface area (Å²) in [6.45, 7) is 2.19. The molecule has 0 radical (unpaired) electrons. The molecule has 1 aromatic carbocycles. The van der Waals surface area contributed by atoms with Crippen LogP contribution in [0.1, 0.15) is 17.5 Å². The first kappa shape index (κ1) is 19.3. The van der Waals surface area contributed by atoms with E-state index in [4.69, 9.17) is 13.9 Å². The molecule has 28 heavy (non-hydrogen) atoms. The number of esters is 1. The molecule has 10 nitrogen and oxygen atoms in total. The summed E-state index contributed by atoms with van der Waals surface area (Å²) in [5.41, 5.74) is 0.663. The van der Waals surface area contributed by atoms with Gasteiger partial charge in [0.05, 0.1) is 30.0 Å². The minimum Gasteiger partial charge on any atom is -0.494 e. The second-order valence-electron chi connectivity index (χ2n) is 5.42. The maximum atomic E-state index is 12.4. The van der Waals surface area contributed by atoms with Crippen LogP contribution >= 0.6 is 11.3 Å². The third-order valence-corrected chi connectivity index (χ3v) is 4.70. The van der Waals surface area contributed by atoms with Crippen LogP contribution in [0.3, 0.4) is 0 Å². The van der Waals surface area contributed by atoms with E-state index in [1.165, 1.54) is 17.7 Å². The van der Waals surface area contributed by atoms with Crippen molar-refractivity contribution in [3.8, 4) is 5.75 Å². The highest BCUT2D eigenvalue weighted by Crippen LogP contribution is 2.24. The average molecular weight is 405 g/mol. The minimum absolute atomic E-state index is 0.158. The van der Waals surface area contributed by atoms with Gasteiger partial charge in [-0.3, -0.25) is 19.7 Å². The number of methoxy groups -OCH3 is 1. The molecule has 1 amide bonds. The summed E-state index contributed by atoms with van der Waals surface area (Å²) in [5, 5.41) is 10.7. The van der Waals surface area contributed by atoms with Crippen LogP contribution in [0.5, 0.6) is 5.75 Å². The van der Waals surface area contributed by atoms with Gasteiger partial charge in [-0.2, -0.15) is 4.99 Å². The van der Waals surface area contributed by atoms with Crippen LogP contribution in [0.2, 0.25) is 0 Å². The summed E-state index contributed by atoms with van der Waals surface area (Å²) in [6, 6.07) is 7.52. The zero-order chi connectivity index (χ0) is 20.3. The Morgan fingerprint density at radius 1 is 1.32 bits per heavy atom. The molecule has 0 saturated heterocycles. The number of carbonyl (C=O) groups excluding carboxylic acids is 2. The molecule has 11 heteroatoms. The molecule has 3 aromatic rings. The van der Waals surface area contributed by atoms with Gasteiger partial charge in [0.25, 0.3) is 0 Å². The van der Waals surface area contributed by atoms with Crippen molar-refractivity contribution in [1.29, 1.82) is 0 Å².